The van der Waals surface area contributed by atoms with Gasteiger partial charge in [0.15, 0.2) is 6.10 Å². The number of anilines is 1. The van der Waals surface area contributed by atoms with Gasteiger partial charge in [-0.15, -0.1) is 0 Å². The number of carbonyl (C=O) groups excluding carboxylic acids is 2. The molecule has 3 N–H and O–H groups in total. The predicted octanol–water partition coefficient (Wildman–Crippen LogP) is 2.08. The highest BCUT2D eigenvalue weighted by Gasteiger charge is 2.39. The van der Waals surface area contributed by atoms with E-state index in [9.17, 15) is 22.8 Å². The van der Waals surface area contributed by atoms with Crippen LogP contribution in [-0.4, -0.2) is 31.2 Å². The van der Waals surface area contributed by atoms with Gasteiger partial charge in [-0.05, 0) is 30.7 Å². The maximum atomic E-state index is 12.4. The summed E-state index contributed by atoms with van der Waals surface area (Å²) in [5, 5.41) is 2.43. The lowest BCUT2D eigenvalue weighted by Gasteiger charge is -2.18. The summed E-state index contributed by atoms with van der Waals surface area (Å²) in [5.41, 5.74) is 5.69. The fraction of sp³-hybridized carbons (Fsp3) is 0.385. The van der Waals surface area contributed by atoms with Crippen LogP contribution in [0.4, 0.5) is 18.9 Å². The lowest BCUT2D eigenvalue weighted by molar-refractivity contribution is -0.214. The Morgan fingerprint density at radius 2 is 1.86 bits per heavy atom. The van der Waals surface area contributed by atoms with Crippen LogP contribution in [0.2, 0.25) is 0 Å². The molecular weight excluding hydrogens is 289 g/mol. The number of benzene rings is 1. The summed E-state index contributed by atoms with van der Waals surface area (Å²) in [5.74, 6) is -1.19. The van der Waals surface area contributed by atoms with Crippen molar-refractivity contribution in [1.29, 1.82) is 0 Å². The summed E-state index contributed by atoms with van der Waals surface area (Å²) in [6.45, 7) is 0. The Morgan fingerprint density at radius 1 is 1.29 bits per heavy atom. The summed E-state index contributed by atoms with van der Waals surface area (Å²) in [6, 6.07) is 5.70. The van der Waals surface area contributed by atoms with Crippen LogP contribution >= 0.6 is 0 Å². The largest absolute Gasteiger partial charge is 0.414 e. The summed E-state index contributed by atoms with van der Waals surface area (Å²) in [6.07, 6.45) is -7.28. The molecule has 0 saturated carbocycles. The van der Waals surface area contributed by atoms with Crippen LogP contribution in [0.5, 0.6) is 0 Å². The van der Waals surface area contributed by atoms with E-state index >= 15 is 0 Å². The van der Waals surface area contributed by atoms with Crippen LogP contribution in [0.3, 0.4) is 0 Å². The molecule has 0 aliphatic rings. The van der Waals surface area contributed by atoms with E-state index in [0.717, 1.165) is 7.11 Å². The minimum absolute atomic E-state index is 0.268. The minimum Gasteiger partial charge on any atom is -0.372 e. The average Bonchev–Trinajstić information content (AvgIpc) is 2.38. The quantitative estimate of drug-likeness (QED) is 0.844. The van der Waals surface area contributed by atoms with Gasteiger partial charge in [0.05, 0.1) is 0 Å². The van der Waals surface area contributed by atoms with Gasteiger partial charge in [-0.2, -0.15) is 13.2 Å². The van der Waals surface area contributed by atoms with Gasteiger partial charge < -0.3 is 15.8 Å². The Hall–Kier alpha value is -2.09. The van der Waals surface area contributed by atoms with Crippen LogP contribution in [0, 0.1) is 0 Å². The van der Waals surface area contributed by atoms with Gasteiger partial charge in [0.2, 0.25) is 11.8 Å². The number of alkyl halides is 3. The molecule has 21 heavy (non-hydrogen) atoms. The van der Waals surface area contributed by atoms with Crippen molar-refractivity contribution in [2.24, 2.45) is 5.73 Å². The third-order valence-electron chi connectivity index (χ3n) is 2.74. The van der Waals surface area contributed by atoms with Crippen LogP contribution in [-0.2, 0) is 9.53 Å². The van der Waals surface area contributed by atoms with E-state index in [1.54, 1.807) is 0 Å². The number of methoxy groups -OCH3 is 1. The second-order valence-electron chi connectivity index (χ2n) is 4.29. The maximum absolute atomic E-state index is 12.4. The second kappa shape index (κ2) is 7.07. The number of halogens is 3. The van der Waals surface area contributed by atoms with Crippen molar-refractivity contribution in [1.82, 2.24) is 0 Å². The molecule has 0 bridgehead atoms. The smallest absolute Gasteiger partial charge is 0.372 e. The van der Waals surface area contributed by atoms with Crippen molar-refractivity contribution in [2.75, 3.05) is 12.4 Å². The first-order valence-electron chi connectivity index (χ1n) is 6.03. The molecule has 0 heterocycles. The monoisotopic (exact) mass is 304 g/mol. The Balaban J connectivity index is 2.52. The van der Waals surface area contributed by atoms with Crippen LogP contribution in [0.25, 0.3) is 0 Å². The number of primary amides is 1. The van der Waals surface area contributed by atoms with E-state index in [1.807, 2.05) is 0 Å². The predicted molar refractivity (Wildman–Crippen MR) is 69.7 cm³/mol. The van der Waals surface area contributed by atoms with Crippen molar-refractivity contribution in [2.45, 2.75) is 25.1 Å². The zero-order valence-corrected chi connectivity index (χ0v) is 11.2. The van der Waals surface area contributed by atoms with Gasteiger partial charge in [0, 0.05) is 24.8 Å². The molecule has 0 radical (unpaired) electrons. The number of amides is 2. The Morgan fingerprint density at radius 3 is 2.29 bits per heavy atom. The first-order chi connectivity index (χ1) is 9.74. The molecule has 5 nitrogen and oxygen atoms in total. The summed E-state index contributed by atoms with van der Waals surface area (Å²) in [7, 11) is 0.943. The number of nitrogens with two attached hydrogens (primary N) is 1. The highest BCUT2D eigenvalue weighted by Crippen LogP contribution is 2.25. The summed E-state index contributed by atoms with van der Waals surface area (Å²) in [4.78, 5) is 22.4. The second-order valence-corrected chi connectivity index (χ2v) is 4.29. The molecular formula is C13H15F3N2O3. The Labute approximate surface area is 119 Å². The molecule has 0 aliphatic heterocycles. The molecule has 0 aliphatic carbocycles. The number of nitrogens with one attached hydrogen (secondary N) is 1. The number of hydrogen-bond acceptors (Lipinski definition) is 3. The fourth-order valence-electron chi connectivity index (χ4n) is 1.62. The van der Waals surface area contributed by atoms with Gasteiger partial charge >= 0.3 is 6.18 Å². The van der Waals surface area contributed by atoms with Crippen molar-refractivity contribution in [3.05, 3.63) is 29.8 Å². The molecule has 0 saturated heterocycles. The number of ether oxygens (including phenoxy) is 1. The minimum atomic E-state index is -4.50. The van der Waals surface area contributed by atoms with Gasteiger partial charge in [-0.3, -0.25) is 9.59 Å². The first-order valence-corrected chi connectivity index (χ1v) is 6.03. The first kappa shape index (κ1) is 17.0. The number of rotatable bonds is 6. The maximum Gasteiger partial charge on any atom is 0.414 e. The topological polar surface area (TPSA) is 81.4 Å². The number of hydrogen-bond donors (Lipinski definition) is 2. The van der Waals surface area contributed by atoms with Gasteiger partial charge in [-0.1, -0.05) is 0 Å². The lowest BCUT2D eigenvalue weighted by atomic mass is 10.1. The molecule has 1 aromatic rings. The molecule has 0 fully saturated rings. The van der Waals surface area contributed by atoms with E-state index < -0.39 is 30.5 Å². The molecule has 1 atom stereocenters. The zero-order valence-electron chi connectivity index (χ0n) is 11.2. The van der Waals surface area contributed by atoms with Crippen molar-refractivity contribution in [3.63, 3.8) is 0 Å². The zero-order chi connectivity index (χ0) is 16.0. The molecule has 1 unspecified atom stereocenters. The molecule has 0 spiro atoms. The van der Waals surface area contributed by atoms with Crippen molar-refractivity contribution >= 4 is 17.5 Å². The van der Waals surface area contributed by atoms with Crippen LogP contribution in [0.15, 0.2) is 24.3 Å². The van der Waals surface area contributed by atoms with Crippen LogP contribution in [0.1, 0.15) is 23.2 Å². The molecule has 2 amide bonds. The Bertz CT molecular complexity index is 500. The normalized spacial score (nSPS) is 12.8. The number of carbonyl (C=O) groups is 2. The molecule has 8 heteroatoms. The molecule has 0 aromatic heterocycles. The summed E-state index contributed by atoms with van der Waals surface area (Å²) >= 11 is 0. The van der Waals surface area contributed by atoms with Gasteiger partial charge in [0.1, 0.15) is 0 Å². The third-order valence-corrected chi connectivity index (χ3v) is 2.74. The fourth-order valence-corrected chi connectivity index (χ4v) is 1.62. The molecule has 1 aromatic carbocycles. The van der Waals surface area contributed by atoms with Crippen LogP contribution < -0.4 is 11.1 Å². The van der Waals surface area contributed by atoms with E-state index in [1.165, 1.54) is 24.3 Å². The highest BCUT2D eigenvalue weighted by atomic mass is 19.4. The molecule has 1 rings (SSSR count). The standard InChI is InChI=1S/C13H15F3N2O3/c1-21-10(13(14,15)16)6-7-11(19)18-9-4-2-8(3-5-9)12(17)20/h2-5,10H,6-7H2,1H3,(H2,17,20)(H,18,19). The van der Waals surface area contributed by atoms with E-state index in [0.29, 0.717) is 5.69 Å². The summed E-state index contributed by atoms with van der Waals surface area (Å²) < 4.78 is 41.6. The van der Waals surface area contributed by atoms with E-state index in [4.69, 9.17) is 5.73 Å². The third kappa shape index (κ3) is 5.42. The Kier molecular flexibility index (Phi) is 5.71. The molecule has 116 valence electrons. The SMILES string of the molecule is COC(CCC(=O)Nc1ccc(C(N)=O)cc1)C(F)(F)F. The average molecular weight is 304 g/mol. The highest BCUT2D eigenvalue weighted by molar-refractivity contribution is 5.94. The van der Waals surface area contributed by atoms with E-state index in [-0.39, 0.29) is 12.0 Å². The van der Waals surface area contributed by atoms with Crippen molar-refractivity contribution < 1.29 is 27.5 Å². The van der Waals surface area contributed by atoms with E-state index in [2.05, 4.69) is 10.1 Å². The van der Waals surface area contributed by atoms with Gasteiger partial charge in [-0.25, -0.2) is 0 Å². The van der Waals surface area contributed by atoms with Crippen molar-refractivity contribution in [3.8, 4) is 0 Å². The van der Waals surface area contributed by atoms with Gasteiger partial charge in [0.25, 0.3) is 0 Å². The lowest BCUT2D eigenvalue weighted by Crippen LogP contribution is -2.31.